The Kier molecular flexibility index (Phi) is 11.9. The van der Waals surface area contributed by atoms with Gasteiger partial charge in [-0.2, -0.15) is 13.2 Å². The summed E-state index contributed by atoms with van der Waals surface area (Å²) in [7, 11) is -3.96. The molecule has 0 aliphatic heterocycles. The molecule has 0 bridgehead atoms. The minimum atomic E-state index is -4.64. The lowest BCUT2D eigenvalue weighted by Gasteiger charge is -2.34. The summed E-state index contributed by atoms with van der Waals surface area (Å²) in [6.45, 7) is 1.90. The van der Waals surface area contributed by atoms with Crippen molar-refractivity contribution < 1.29 is 31.2 Å². The summed E-state index contributed by atoms with van der Waals surface area (Å²) in [6.07, 6.45) is 1.44. The van der Waals surface area contributed by atoms with E-state index in [1.54, 1.807) is 4.90 Å². The van der Waals surface area contributed by atoms with Crippen LogP contribution in [0.2, 0.25) is 0 Å². The molecule has 11 heteroatoms. The Morgan fingerprint density at radius 2 is 1.61 bits per heavy atom. The van der Waals surface area contributed by atoms with E-state index in [4.69, 9.17) is 0 Å². The van der Waals surface area contributed by atoms with E-state index in [9.17, 15) is 31.2 Å². The number of hydrogen-bond donors (Lipinski definition) is 1. The van der Waals surface area contributed by atoms with Crippen LogP contribution >= 0.6 is 0 Å². The average molecular weight is 658 g/mol. The summed E-state index contributed by atoms with van der Waals surface area (Å²) in [4.78, 5) is 29.6. The number of amides is 2. The third-order valence-electron chi connectivity index (χ3n) is 8.44. The number of sulfonamides is 1. The molecule has 248 valence electrons. The Hall–Kier alpha value is -3.86. The van der Waals surface area contributed by atoms with Crippen LogP contribution in [0, 0.1) is 6.92 Å². The third kappa shape index (κ3) is 9.82. The van der Waals surface area contributed by atoms with Crippen molar-refractivity contribution in [1.82, 2.24) is 10.2 Å². The van der Waals surface area contributed by atoms with E-state index in [2.05, 4.69) is 5.32 Å². The quantitative estimate of drug-likeness (QED) is 0.223. The van der Waals surface area contributed by atoms with Crippen LogP contribution < -0.4 is 9.62 Å². The van der Waals surface area contributed by atoms with E-state index in [0.29, 0.717) is 0 Å². The first kappa shape index (κ1) is 35.0. The highest BCUT2D eigenvalue weighted by Gasteiger charge is 2.33. The maximum Gasteiger partial charge on any atom is 0.416 e. The largest absolute Gasteiger partial charge is 0.416 e. The summed E-state index contributed by atoms with van der Waals surface area (Å²) in [5.74, 6) is -0.583. The van der Waals surface area contributed by atoms with Crippen LogP contribution in [0.5, 0.6) is 0 Å². The maximum atomic E-state index is 14.1. The molecule has 7 nitrogen and oxygen atoms in total. The number of alkyl halides is 3. The zero-order chi connectivity index (χ0) is 33.3. The SMILES string of the molecule is Cc1ccccc1CN(C(=O)CCCN(c1cccc(C(F)(F)F)c1)S(C)(=O)=O)C(Cc1ccccc1)C(=O)NC1CCCCC1. The van der Waals surface area contributed by atoms with Gasteiger partial charge in [0.05, 0.1) is 17.5 Å². The molecule has 4 rings (SSSR count). The number of nitrogens with zero attached hydrogens (tertiary/aromatic N) is 2. The highest BCUT2D eigenvalue weighted by Crippen LogP contribution is 2.32. The molecule has 0 aromatic heterocycles. The van der Waals surface area contributed by atoms with E-state index in [1.165, 1.54) is 6.07 Å². The molecule has 3 aromatic rings. The number of halogens is 3. The lowest BCUT2D eigenvalue weighted by Crippen LogP contribution is -2.53. The Morgan fingerprint density at radius 1 is 0.935 bits per heavy atom. The average Bonchev–Trinajstić information content (AvgIpc) is 3.01. The number of rotatable bonds is 13. The van der Waals surface area contributed by atoms with Gasteiger partial charge in [-0.15, -0.1) is 0 Å². The number of aryl methyl sites for hydroxylation is 1. The standard InChI is InChI=1S/C35H42F3N3O4S/c1-26-13-9-10-16-28(26)25-40(32(23-27-14-5-3-6-15-27)34(43)39-30-18-7-4-8-19-30)33(42)21-12-22-41(46(2,44)45)31-20-11-17-29(24-31)35(36,37)38/h3,5-6,9-11,13-17,20,24,30,32H,4,7-8,12,18-19,21-23,25H2,1-2H3,(H,39,43). The first-order valence-electron chi connectivity index (χ1n) is 15.7. The van der Waals surface area contributed by atoms with Crippen LogP contribution in [0.3, 0.4) is 0 Å². The fourth-order valence-corrected chi connectivity index (χ4v) is 6.87. The normalized spacial score (nSPS) is 14.8. The molecule has 1 fully saturated rings. The van der Waals surface area contributed by atoms with Crippen molar-refractivity contribution in [1.29, 1.82) is 0 Å². The van der Waals surface area contributed by atoms with Gasteiger partial charge in [-0.05, 0) is 61.1 Å². The molecular formula is C35H42F3N3O4S. The lowest BCUT2D eigenvalue weighted by molar-refractivity contribution is -0.141. The van der Waals surface area contributed by atoms with Gasteiger partial charge in [0.15, 0.2) is 0 Å². The van der Waals surface area contributed by atoms with Gasteiger partial charge in [0, 0.05) is 32.0 Å². The van der Waals surface area contributed by atoms with Gasteiger partial charge in [-0.3, -0.25) is 13.9 Å². The van der Waals surface area contributed by atoms with Gasteiger partial charge in [-0.1, -0.05) is 79.9 Å². The lowest BCUT2D eigenvalue weighted by atomic mass is 9.94. The smallest absolute Gasteiger partial charge is 0.352 e. The molecule has 0 radical (unpaired) electrons. The third-order valence-corrected chi connectivity index (χ3v) is 9.63. The highest BCUT2D eigenvalue weighted by atomic mass is 32.2. The Bertz CT molecular complexity index is 1580. The van der Waals surface area contributed by atoms with Gasteiger partial charge in [-0.25, -0.2) is 8.42 Å². The van der Waals surface area contributed by atoms with Crippen molar-refractivity contribution in [2.45, 2.75) is 83.1 Å². The number of carbonyl (C=O) groups excluding carboxylic acids is 2. The molecule has 3 aromatic carbocycles. The van der Waals surface area contributed by atoms with Crippen molar-refractivity contribution in [3.63, 3.8) is 0 Å². The number of hydrogen-bond acceptors (Lipinski definition) is 4. The first-order valence-corrected chi connectivity index (χ1v) is 17.5. The Morgan fingerprint density at radius 3 is 2.26 bits per heavy atom. The molecule has 1 N–H and O–H groups in total. The van der Waals surface area contributed by atoms with Crippen LogP contribution in [0.4, 0.5) is 18.9 Å². The molecule has 0 heterocycles. The van der Waals surface area contributed by atoms with E-state index in [-0.39, 0.29) is 55.9 Å². The molecule has 0 spiro atoms. The first-order chi connectivity index (χ1) is 21.8. The second kappa shape index (κ2) is 15.6. The fourth-order valence-electron chi connectivity index (χ4n) is 5.91. The van der Waals surface area contributed by atoms with Crippen molar-refractivity contribution in [2.24, 2.45) is 0 Å². The highest BCUT2D eigenvalue weighted by molar-refractivity contribution is 7.92. The zero-order valence-corrected chi connectivity index (χ0v) is 27.1. The Balaban J connectivity index is 1.60. The minimum absolute atomic E-state index is 0.0331. The molecule has 2 amide bonds. The van der Waals surface area contributed by atoms with Gasteiger partial charge in [0.2, 0.25) is 21.8 Å². The summed E-state index contributed by atoms with van der Waals surface area (Å²) in [5.41, 5.74) is 1.63. The second-order valence-electron chi connectivity index (χ2n) is 12.0. The molecule has 1 atom stereocenters. The van der Waals surface area contributed by atoms with E-state index in [0.717, 1.165) is 77.6 Å². The van der Waals surface area contributed by atoms with Crippen LogP contribution in [-0.2, 0) is 38.8 Å². The number of carbonyl (C=O) groups is 2. The molecule has 1 aliphatic carbocycles. The van der Waals surface area contributed by atoms with Gasteiger partial charge < -0.3 is 10.2 Å². The van der Waals surface area contributed by atoms with Crippen LogP contribution in [0.1, 0.15) is 67.2 Å². The molecule has 0 saturated heterocycles. The molecule has 1 aliphatic rings. The Labute approximate surface area is 269 Å². The summed E-state index contributed by atoms with van der Waals surface area (Å²) < 4.78 is 66.4. The topological polar surface area (TPSA) is 86.8 Å². The fraction of sp³-hybridized carbons (Fsp3) is 0.429. The van der Waals surface area contributed by atoms with Gasteiger partial charge in [0.25, 0.3) is 0 Å². The molecule has 1 unspecified atom stereocenters. The van der Waals surface area contributed by atoms with E-state index < -0.39 is 27.8 Å². The number of nitrogens with one attached hydrogen (secondary N) is 1. The van der Waals surface area contributed by atoms with Gasteiger partial charge >= 0.3 is 6.18 Å². The van der Waals surface area contributed by atoms with Crippen LogP contribution in [0.25, 0.3) is 0 Å². The van der Waals surface area contributed by atoms with Crippen molar-refractivity contribution in [3.8, 4) is 0 Å². The number of anilines is 1. The van der Waals surface area contributed by atoms with E-state index in [1.807, 2.05) is 61.5 Å². The van der Waals surface area contributed by atoms with Crippen molar-refractivity contribution in [3.05, 3.63) is 101 Å². The summed E-state index contributed by atoms with van der Waals surface area (Å²) in [6, 6.07) is 20.4. The second-order valence-corrected chi connectivity index (χ2v) is 13.9. The maximum absolute atomic E-state index is 14.1. The summed E-state index contributed by atoms with van der Waals surface area (Å²) >= 11 is 0. The monoisotopic (exact) mass is 657 g/mol. The van der Waals surface area contributed by atoms with E-state index >= 15 is 0 Å². The number of benzene rings is 3. The molecule has 1 saturated carbocycles. The predicted octanol–water partition coefficient (Wildman–Crippen LogP) is 6.65. The van der Waals surface area contributed by atoms with Crippen molar-refractivity contribution >= 4 is 27.5 Å². The molecule has 46 heavy (non-hydrogen) atoms. The van der Waals surface area contributed by atoms with Crippen LogP contribution in [-0.4, -0.2) is 50.0 Å². The minimum Gasteiger partial charge on any atom is -0.352 e. The molecular weight excluding hydrogens is 615 g/mol. The summed E-state index contributed by atoms with van der Waals surface area (Å²) in [5, 5.41) is 3.20. The van der Waals surface area contributed by atoms with Gasteiger partial charge in [0.1, 0.15) is 6.04 Å². The van der Waals surface area contributed by atoms with Crippen LogP contribution in [0.15, 0.2) is 78.9 Å². The van der Waals surface area contributed by atoms with Crippen molar-refractivity contribution in [2.75, 3.05) is 17.1 Å². The zero-order valence-electron chi connectivity index (χ0n) is 26.3. The predicted molar refractivity (Wildman–Crippen MR) is 174 cm³/mol.